The van der Waals surface area contributed by atoms with Gasteiger partial charge in [-0.25, -0.2) is 13.6 Å². The number of hydrogen-bond donors (Lipinski definition) is 3. The van der Waals surface area contributed by atoms with Gasteiger partial charge in [0.1, 0.15) is 0 Å². The summed E-state index contributed by atoms with van der Waals surface area (Å²) in [6, 6.07) is 2.82. The van der Waals surface area contributed by atoms with Crippen molar-refractivity contribution >= 4 is 17.6 Å². The van der Waals surface area contributed by atoms with Crippen LogP contribution < -0.4 is 16.0 Å². The van der Waals surface area contributed by atoms with E-state index in [4.69, 9.17) is 0 Å². The fourth-order valence-electron chi connectivity index (χ4n) is 2.42. The second kappa shape index (κ2) is 7.72. The number of anilines is 1. The van der Waals surface area contributed by atoms with Gasteiger partial charge in [-0.3, -0.25) is 4.79 Å². The topological polar surface area (TPSA) is 70.2 Å². The fraction of sp³-hybridized carbons (Fsp3) is 0.467. The molecule has 120 valence electrons. The quantitative estimate of drug-likeness (QED) is 0.799. The smallest absolute Gasteiger partial charge is 0.315 e. The van der Waals surface area contributed by atoms with Crippen LogP contribution in [-0.2, 0) is 4.79 Å². The molecule has 0 spiro atoms. The van der Waals surface area contributed by atoms with Crippen LogP contribution in [0.1, 0.15) is 32.1 Å². The molecule has 0 saturated heterocycles. The molecule has 3 N–H and O–H groups in total. The predicted octanol–water partition coefficient (Wildman–Crippen LogP) is 2.54. The van der Waals surface area contributed by atoms with E-state index in [1.54, 1.807) is 0 Å². The van der Waals surface area contributed by atoms with Gasteiger partial charge in [0.25, 0.3) is 0 Å². The highest BCUT2D eigenvalue weighted by Crippen LogP contribution is 2.17. The maximum atomic E-state index is 13.0. The van der Waals surface area contributed by atoms with Gasteiger partial charge in [-0.05, 0) is 25.0 Å². The molecule has 1 aliphatic rings. The van der Waals surface area contributed by atoms with Crippen LogP contribution in [0.15, 0.2) is 18.2 Å². The van der Waals surface area contributed by atoms with Crippen molar-refractivity contribution in [3.63, 3.8) is 0 Å². The van der Waals surface area contributed by atoms with Crippen LogP contribution in [0.5, 0.6) is 0 Å². The molecule has 1 fully saturated rings. The van der Waals surface area contributed by atoms with Gasteiger partial charge in [-0.2, -0.15) is 0 Å². The van der Waals surface area contributed by atoms with Crippen LogP contribution in [0.2, 0.25) is 0 Å². The molecule has 0 unspecified atom stereocenters. The Kier molecular flexibility index (Phi) is 5.68. The van der Waals surface area contributed by atoms with Crippen LogP contribution in [0, 0.1) is 11.6 Å². The Morgan fingerprint density at radius 2 is 1.82 bits per heavy atom. The van der Waals surface area contributed by atoms with Crippen LogP contribution in [-0.4, -0.2) is 24.5 Å². The van der Waals surface area contributed by atoms with E-state index in [0.29, 0.717) is 0 Å². The average molecular weight is 311 g/mol. The first-order valence-corrected chi connectivity index (χ1v) is 7.34. The normalized spacial score (nSPS) is 15.2. The van der Waals surface area contributed by atoms with Crippen LogP contribution >= 0.6 is 0 Å². The number of amides is 3. The van der Waals surface area contributed by atoms with Gasteiger partial charge in [-0.1, -0.05) is 19.3 Å². The molecule has 7 heteroatoms. The first-order valence-electron chi connectivity index (χ1n) is 7.34. The maximum absolute atomic E-state index is 13.0. The molecule has 22 heavy (non-hydrogen) atoms. The molecule has 1 aliphatic carbocycles. The second-order valence-corrected chi connectivity index (χ2v) is 5.34. The third-order valence-electron chi connectivity index (χ3n) is 3.55. The van der Waals surface area contributed by atoms with E-state index in [9.17, 15) is 18.4 Å². The average Bonchev–Trinajstić information content (AvgIpc) is 2.50. The lowest BCUT2D eigenvalue weighted by Crippen LogP contribution is -2.45. The van der Waals surface area contributed by atoms with Crippen molar-refractivity contribution in [2.45, 2.75) is 38.1 Å². The third-order valence-corrected chi connectivity index (χ3v) is 3.55. The molecule has 5 nitrogen and oxygen atoms in total. The Labute approximate surface area is 127 Å². The van der Waals surface area contributed by atoms with E-state index in [-0.39, 0.29) is 18.3 Å². The number of benzene rings is 1. The Morgan fingerprint density at radius 1 is 1.09 bits per heavy atom. The van der Waals surface area contributed by atoms with Crippen molar-refractivity contribution in [3.8, 4) is 0 Å². The molecule has 2 rings (SSSR count). The summed E-state index contributed by atoms with van der Waals surface area (Å²) < 4.78 is 25.8. The van der Waals surface area contributed by atoms with E-state index in [2.05, 4.69) is 16.0 Å². The minimum atomic E-state index is -1.04. The summed E-state index contributed by atoms with van der Waals surface area (Å²) in [5.74, 6) is -2.53. The highest BCUT2D eigenvalue weighted by atomic mass is 19.2. The van der Waals surface area contributed by atoms with Gasteiger partial charge in [-0.15, -0.1) is 0 Å². The zero-order valence-electron chi connectivity index (χ0n) is 12.1. The lowest BCUT2D eigenvalue weighted by atomic mass is 9.96. The largest absolute Gasteiger partial charge is 0.335 e. The number of rotatable bonds is 4. The number of nitrogens with one attached hydrogen (secondary N) is 3. The first kappa shape index (κ1) is 16.2. The molecule has 0 heterocycles. The first-order chi connectivity index (χ1) is 10.5. The Bertz CT molecular complexity index is 546. The van der Waals surface area contributed by atoms with Crippen LogP contribution in [0.3, 0.4) is 0 Å². The zero-order chi connectivity index (χ0) is 15.9. The van der Waals surface area contributed by atoms with E-state index >= 15 is 0 Å². The summed E-state index contributed by atoms with van der Waals surface area (Å²) in [5.41, 5.74) is 0.137. The monoisotopic (exact) mass is 311 g/mol. The van der Waals surface area contributed by atoms with Crippen molar-refractivity contribution in [2.75, 3.05) is 11.9 Å². The zero-order valence-corrected chi connectivity index (χ0v) is 12.1. The summed E-state index contributed by atoms with van der Waals surface area (Å²) in [6.45, 7) is -0.239. The van der Waals surface area contributed by atoms with E-state index in [0.717, 1.165) is 37.8 Å². The van der Waals surface area contributed by atoms with Gasteiger partial charge in [0.05, 0.1) is 6.54 Å². The molecule has 1 saturated carbocycles. The minimum Gasteiger partial charge on any atom is -0.335 e. The molecule has 0 atom stereocenters. The van der Waals surface area contributed by atoms with E-state index < -0.39 is 23.6 Å². The minimum absolute atomic E-state index is 0.137. The molecular formula is C15H19F2N3O2. The van der Waals surface area contributed by atoms with Crippen LogP contribution in [0.4, 0.5) is 19.3 Å². The lowest BCUT2D eigenvalue weighted by Gasteiger charge is -2.22. The molecule has 3 amide bonds. The van der Waals surface area contributed by atoms with Crippen molar-refractivity contribution in [2.24, 2.45) is 0 Å². The summed E-state index contributed by atoms with van der Waals surface area (Å²) in [5, 5.41) is 7.64. The standard InChI is InChI=1S/C15H19F2N3O2/c16-12-7-6-11(8-13(12)17)19-14(21)9-18-15(22)20-10-4-2-1-3-5-10/h6-8,10H,1-5,9H2,(H,19,21)(H2,18,20,22). The van der Waals surface area contributed by atoms with Crippen molar-refractivity contribution in [1.82, 2.24) is 10.6 Å². The molecular weight excluding hydrogens is 292 g/mol. The van der Waals surface area contributed by atoms with Gasteiger partial charge in [0.15, 0.2) is 11.6 Å². The molecule has 0 aliphatic heterocycles. The number of carbonyl (C=O) groups is 2. The Morgan fingerprint density at radius 3 is 2.50 bits per heavy atom. The van der Waals surface area contributed by atoms with Crippen LogP contribution in [0.25, 0.3) is 0 Å². The molecule has 0 radical (unpaired) electrons. The molecule has 1 aromatic carbocycles. The highest BCUT2D eigenvalue weighted by molar-refractivity contribution is 5.94. The van der Waals surface area contributed by atoms with E-state index in [1.807, 2.05) is 0 Å². The molecule has 1 aromatic rings. The second-order valence-electron chi connectivity index (χ2n) is 5.34. The summed E-state index contributed by atoms with van der Waals surface area (Å²) >= 11 is 0. The SMILES string of the molecule is O=C(CNC(=O)NC1CCCCC1)Nc1ccc(F)c(F)c1. The van der Waals surface area contributed by atoms with Crippen molar-refractivity contribution in [3.05, 3.63) is 29.8 Å². The fourth-order valence-corrected chi connectivity index (χ4v) is 2.42. The summed E-state index contributed by atoms with van der Waals surface area (Å²) in [4.78, 5) is 23.3. The van der Waals surface area contributed by atoms with Gasteiger partial charge in [0, 0.05) is 17.8 Å². The van der Waals surface area contributed by atoms with Gasteiger partial charge < -0.3 is 16.0 Å². The van der Waals surface area contributed by atoms with Gasteiger partial charge >= 0.3 is 6.03 Å². The van der Waals surface area contributed by atoms with E-state index in [1.165, 1.54) is 12.5 Å². The summed E-state index contributed by atoms with van der Waals surface area (Å²) in [7, 11) is 0. The Balaban J connectivity index is 1.72. The third kappa shape index (κ3) is 4.98. The van der Waals surface area contributed by atoms with Gasteiger partial charge in [0.2, 0.25) is 5.91 Å². The number of carbonyl (C=O) groups excluding carboxylic acids is 2. The number of urea groups is 1. The van der Waals surface area contributed by atoms with Crippen molar-refractivity contribution < 1.29 is 18.4 Å². The maximum Gasteiger partial charge on any atom is 0.315 e. The highest BCUT2D eigenvalue weighted by Gasteiger charge is 2.16. The number of halogens is 2. The predicted molar refractivity (Wildman–Crippen MR) is 78.4 cm³/mol. The molecule has 0 bridgehead atoms. The number of hydrogen-bond acceptors (Lipinski definition) is 2. The summed E-state index contributed by atoms with van der Waals surface area (Å²) in [6.07, 6.45) is 5.29. The Hall–Kier alpha value is -2.18. The van der Waals surface area contributed by atoms with Crippen molar-refractivity contribution in [1.29, 1.82) is 0 Å². The lowest BCUT2D eigenvalue weighted by molar-refractivity contribution is -0.115. The molecule has 0 aromatic heterocycles.